The van der Waals surface area contributed by atoms with Crippen LogP contribution >= 0.6 is 11.3 Å². The Morgan fingerprint density at radius 2 is 2.00 bits per heavy atom. The number of hydrogen-bond donors (Lipinski definition) is 0. The highest BCUT2D eigenvalue weighted by atomic mass is 32.1. The summed E-state index contributed by atoms with van der Waals surface area (Å²) in [5.41, 5.74) is 2.38. The van der Waals surface area contributed by atoms with Crippen molar-refractivity contribution in [1.29, 1.82) is 0 Å². The van der Waals surface area contributed by atoms with Crippen LogP contribution < -0.4 is 0 Å². The number of rotatable bonds is 8. The summed E-state index contributed by atoms with van der Waals surface area (Å²) in [6.07, 6.45) is 0. The Labute approximate surface area is 184 Å². The van der Waals surface area contributed by atoms with Crippen molar-refractivity contribution >= 4 is 17.2 Å². The third-order valence-corrected chi connectivity index (χ3v) is 6.98. The molecule has 1 aromatic carbocycles. The number of likely N-dealkylation sites (tertiary alicyclic amines) is 1. The second kappa shape index (κ2) is 10.1. The van der Waals surface area contributed by atoms with Crippen molar-refractivity contribution in [2.45, 2.75) is 47.1 Å². The predicted molar refractivity (Wildman–Crippen MR) is 123 cm³/mol. The standard InChI is InChI=1S/C25H35FN2OS/c1-17(2)12-28(25(29)18(3)4)14-21-13-27(16-24-19(5)9-10-30-24)15-23(21)20-7-6-8-22(26)11-20/h6-11,17-18,21,23H,12-16H2,1-5H3/t21-,23-/m1/s1. The van der Waals surface area contributed by atoms with Gasteiger partial charge >= 0.3 is 0 Å². The van der Waals surface area contributed by atoms with E-state index < -0.39 is 0 Å². The number of halogens is 1. The molecule has 0 saturated carbocycles. The second-order valence-electron chi connectivity index (χ2n) is 9.43. The lowest BCUT2D eigenvalue weighted by molar-refractivity contribution is -0.135. The van der Waals surface area contributed by atoms with Gasteiger partial charge in [-0.3, -0.25) is 9.69 Å². The van der Waals surface area contributed by atoms with Crippen LogP contribution in [0.25, 0.3) is 0 Å². The molecule has 1 fully saturated rings. The van der Waals surface area contributed by atoms with Crippen molar-refractivity contribution in [3.8, 4) is 0 Å². The van der Waals surface area contributed by atoms with Crippen molar-refractivity contribution in [3.63, 3.8) is 0 Å². The molecule has 1 saturated heterocycles. The number of carbonyl (C=O) groups is 1. The number of amides is 1. The zero-order chi connectivity index (χ0) is 21.8. The molecule has 1 aromatic heterocycles. The normalized spacial score (nSPS) is 19.7. The molecule has 3 nitrogen and oxygen atoms in total. The number of thiophene rings is 1. The highest BCUT2D eigenvalue weighted by Gasteiger charge is 2.36. The fourth-order valence-corrected chi connectivity index (χ4v) is 5.45. The molecule has 0 unspecified atom stereocenters. The fourth-order valence-electron chi connectivity index (χ4n) is 4.50. The minimum absolute atomic E-state index is 0.0114. The first-order chi connectivity index (χ1) is 14.2. The lowest BCUT2D eigenvalue weighted by Gasteiger charge is -2.31. The molecule has 2 atom stereocenters. The van der Waals surface area contributed by atoms with E-state index in [-0.39, 0.29) is 23.6 Å². The Morgan fingerprint density at radius 1 is 1.23 bits per heavy atom. The van der Waals surface area contributed by atoms with Crippen LogP contribution in [0.3, 0.4) is 0 Å². The van der Waals surface area contributed by atoms with Crippen molar-refractivity contribution in [2.75, 3.05) is 26.2 Å². The minimum atomic E-state index is -0.184. The molecule has 1 aliphatic heterocycles. The summed E-state index contributed by atoms with van der Waals surface area (Å²) in [6, 6.07) is 9.20. The van der Waals surface area contributed by atoms with Crippen LogP contribution in [0, 0.1) is 30.5 Å². The van der Waals surface area contributed by atoms with Crippen LogP contribution in [0.4, 0.5) is 4.39 Å². The number of benzene rings is 1. The number of aryl methyl sites for hydroxylation is 1. The van der Waals surface area contributed by atoms with Crippen LogP contribution in [-0.2, 0) is 11.3 Å². The average molecular weight is 431 g/mol. The van der Waals surface area contributed by atoms with Gasteiger partial charge in [0.25, 0.3) is 0 Å². The number of carbonyl (C=O) groups excluding carboxylic acids is 1. The van der Waals surface area contributed by atoms with E-state index in [1.807, 2.05) is 24.8 Å². The molecule has 0 radical (unpaired) electrons. The van der Waals surface area contributed by atoms with Gasteiger partial charge in [0.15, 0.2) is 0 Å². The van der Waals surface area contributed by atoms with E-state index in [0.29, 0.717) is 11.8 Å². The largest absolute Gasteiger partial charge is 0.342 e. The Hall–Kier alpha value is -1.72. The molecule has 5 heteroatoms. The third kappa shape index (κ3) is 5.70. The zero-order valence-electron chi connectivity index (χ0n) is 18.9. The van der Waals surface area contributed by atoms with Gasteiger partial charge in [0, 0.05) is 49.4 Å². The summed E-state index contributed by atoms with van der Waals surface area (Å²) in [6.45, 7) is 14.7. The molecule has 1 amide bonds. The Morgan fingerprint density at radius 3 is 2.60 bits per heavy atom. The predicted octanol–water partition coefficient (Wildman–Crippen LogP) is 5.55. The second-order valence-corrected chi connectivity index (χ2v) is 10.4. The Bertz CT molecular complexity index is 847. The molecular weight excluding hydrogens is 395 g/mol. The first-order valence-electron chi connectivity index (χ1n) is 11.0. The molecule has 0 aliphatic carbocycles. The summed E-state index contributed by atoms with van der Waals surface area (Å²) in [7, 11) is 0. The van der Waals surface area contributed by atoms with E-state index in [0.717, 1.165) is 38.3 Å². The van der Waals surface area contributed by atoms with Crippen LogP contribution in [0.2, 0.25) is 0 Å². The quantitative estimate of drug-likeness (QED) is 0.548. The van der Waals surface area contributed by atoms with Crippen LogP contribution in [-0.4, -0.2) is 41.9 Å². The molecule has 1 aliphatic rings. The zero-order valence-corrected chi connectivity index (χ0v) is 19.7. The Balaban J connectivity index is 1.83. The molecule has 0 N–H and O–H groups in total. The lowest BCUT2D eigenvalue weighted by atomic mass is 9.88. The molecule has 2 aromatic rings. The van der Waals surface area contributed by atoms with Gasteiger partial charge in [0.2, 0.25) is 5.91 Å². The van der Waals surface area contributed by atoms with Crippen LogP contribution in [0.5, 0.6) is 0 Å². The van der Waals surface area contributed by atoms with Gasteiger partial charge in [-0.05, 0) is 53.5 Å². The number of nitrogens with zero attached hydrogens (tertiary/aromatic N) is 2. The van der Waals surface area contributed by atoms with Crippen molar-refractivity contribution < 1.29 is 9.18 Å². The summed E-state index contributed by atoms with van der Waals surface area (Å²) in [4.78, 5) is 18.8. The topological polar surface area (TPSA) is 23.6 Å². The van der Waals surface area contributed by atoms with E-state index >= 15 is 0 Å². The van der Waals surface area contributed by atoms with E-state index in [1.165, 1.54) is 16.5 Å². The van der Waals surface area contributed by atoms with E-state index in [2.05, 4.69) is 37.1 Å². The fraction of sp³-hybridized carbons (Fsp3) is 0.560. The SMILES string of the molecule is Cc1ccsc1CN1C[C@H](CN(CC(C)C)C(=O)C(C)C)[C@@H](c2cccc(F)c2)C1. The van der Waals surface area contributed by atoms with Crippen LogP contribution in [0.1, 0.15) is 49.6 Å². The molecule has 0 bridgehead atoms. The minimum Gasteiger partial charge on any atom is -0.342 e. The van der Waals surface area contributed by atoms with Gasteiger partial charge in [-0.25, -0.2) is 4.39 Å². The maximum absolute atomic E-state index is 14.0. The first-order valence-corrected chi connectivity index (χ1v) is 11.9. The van der Waals surface area contributed by atoms with Gasteiger partial charge in [-0.15, -0.1) is 11.3 Å². The summed E-state index contributed by atoms with van der Waals surface area (Å²) < 4.78 is 14.0. The molecule has 2 heterocycles. The maximum atomic E-state index is 14.0. The van der Waals surface area contributed by atoms with Gasteiger partial charge < -0.3 is 4.90 Å². The molecule has 0 spiro atoms. The average Bonchev–Trinajstić information content (AvgIpc) is 3.26. The van der Waals surface area contributed by atoms with Crippen LogP contribution in [0.15, 0.2) is 35.7 Å². The highest BCUT2D eigenvalue weighted by Crippen LogP contribution is 2.35. The van der Waals surface area contributed by atoms with Gasteiger partial charge in [0.05, 0.1) is 0 Å². The first kappa shape index (κ1) is 23.0. The molecule has 30 heavy (non-hydrogen) atoms. The smallest absolute Gasteiger partial charge is 0.225 e. The molecule has 3 rings (SSSR count). The highest BCUT2D eigenvalue weighted by molar-refractivity contribution is 7.10. The lowest BCUT2D eigenvalue weighted by Crippen LogP contribution is -2.41. The molecule has 164 valence electrons. The monoisotopic (exact) mass is 430 g/mol. The van der Waals surface area contributed by atoms with E-state index in [9.17, 15) is 9.18 Å². The van der Waals surface area contributed by atoms with E-state index in [1.54, 1.807) is 23.5 Å². The molecular formula is C25H35FN2OS. The van der Waals surface area contributed by atoms with Crippen molar-refractivity contribution in [2.24, 2.45) is 17.8 Å². The van der Waals surface area contributed by atoms with Crippen molar-refractivity contribution in [3.05, 3.63) is 57.5 Å². The van der Waals surface area contributed by atoms with Gasteiger partial charge in [-0.1, -0.05) is 39.8 Å². The Kier molecular flexibility index (Phi) is 7.70. The summed E-state index contributed by atoms with van der Waals surface area (Å²) >= 11 is 1.80. The van der Waals surface area contributed by atoms with Gasteiger partial charge in [-0.2, -0.15) is 0 Å². The summed E-state index contributed by atoms with van der Waals surface area (Å²) in [5, 5.41) is 2.15. The third-order valence-electron chi connectivity index (χ3n) is 5.97. The van der Waals surface area contributed by atoms with Gasteiger partial charge in [0.1, 0.15) is 5.82 Å². The van der Waals surface area contributed by atoms with Crippen molar-refractivity contribution in [1.82, 2.24) is 9.80 Å². The van der Waals surface area contributed by atoms with E-state index in [4.69, 9.17) is 0 Å². The number of hydrogen-bond acceptors (Lipinski definition) is 3. The maximum Gasteiger partial charge on any atom is 0.225 e. The summed E-state index contributed by atoms with van der Waals surface area (Å²) in [5.74, 6) is 0.976.